The molecule has 1 aliphatic carbocycles. The van der Waals surface area contributed by atoms with Gasteiger partial charge >= 0.3 is 0 Å². The highest BCUT2D eigenvalue weighted by Crippen LogP contribution is 2.30. The van der Waals surface area contributed by atoms with Crippen LogP contribution in [-0.2, 0) is 11.2 Å². The molecule has 3 N–H and O–H groups in total. The third kappa shape index (κ3) is 5.91. The highest BCUT2D eigenvalue weighted by molar-refractivity contribution is 6.33. The third-order valence-corrected chi connectivity index (χ3v) is 6.16. The Bertz CT molecular complexity index is 786. The van der Waals surface area contributed by atoms with Crippen molar-refractivity contribution in [3.05, 3.63) is 41.2 Å². The summed E-state index contributed by atoms with van der Waals surface area (Å²) < 4.78 is 5.68. The van der Waals surface area contributed by atoms with Gasteiger partial charge in [0.2, 0.25) is 0 Å². The summed E-state index contributed by atoms with van der Waals surface area (Å²) in [6, 6.07) is 8.48. The number of anilines is 1. The van der Waals surface area contributed by atoms with Crippen molar-refractivity contribution in [2.75, 3.05) is 18.5 Å². The Kier molecular flexibility index (Phi) is 7.87. The van der Waals surface area contributed by atoms with Crippen LogP contribution < -0.4 is 11.1 Å². The molecule has 1 aliphatic heterocycles. The lowest BCUT2D eigenvalue weighted by Crippen LogP contribution is -2.27. The number of halogens is 1. The van der Waals surface area contributed by atoms with Gasteiger partial charge in [-0.25, -0.2) is 4.98 Å². The van der Waals surface area contributed by atoms with Crippen molar-refractivity contribution in [3.8, 4) is 11.3 Å². The van der Waals surface area contributed by atoms with Crippen LogP contribution in [0, 0.1) is 5.92 Å². The fourth-order valence-corrected chi connectivity index (χ4v) is 4.39. The molecule has 6 heteroatoms. The van der Waals surface area contributed by atoms with E-state index in [1.807, 2.05) is 18.2 Å². The Morgan fingerprint density at radius 3 is 2.76 bits per heavy atom. The maximum absolute atomic E-state index is 6.47. The van der Waals surface area contributed by atoms with Crippen molar-refractivity contribution in [1.29, 1.82) is 0 Å². The lowest BCUT2D eigenvalue weighted by atomic mass is 9.83. The van der Waals surface area contributed by atoms with Gasteiger partial charge in [-0.3, -0.25) is 4.98 Å². The maximum Gasteiger partial charge on any atom is 0.126 e. The summed E-state index contributed by atoms with van der Waals surface area (Å²) in [6.07, 6.45) is 9.87. The third-order valence-electron chi connectivity index (χ3n) is 5.86. The topological polar surface area (TPSA) is 73.1 Å². The van der Waals surface area contributed by atoms with Crippen LogP contribution in [0.1, 0.15) is 51.6 Å². The van der Waals surface area contributed by atoms with E-state index < -0.39 is 0 Å². The normalized spacial score (nSPS) is 24.1. The van der Waals surface area contributed by atoms with Crippen molar-refractivity contribution < 1.29 is 4.74 Å². The minimum atomic E-state index is 0. The number of nitrogens with zero attached hydrogens (tertiary/aromatic N) is 2. The van der Waals surface area contributed by atoms with Crippen LogP contribution in [0.2, 0.25) is 5.02 Å². The van der Waals surface area contributed by atoms with Crippen LogP contribution in [0.15, 0.2) is 30.5 Å². The Morgan fingerprint density at radius 1 is 1.17 bits per heavy atom. The largest absolute Gasteiger partial charge is 0.376 e. The van der Waals surface area contributed by atoms with E-state index in [1.165, 1.54) is 12.8 Å². The molecule has 1 atom stereocenters. The first-order valence-corrected chi connectivity index (χ1v) is 10.8. The Hall–Kier alpha value is -1.69. The highest BCUT2D eigenvalue weighted by Gasteiger charge is 2.20. The molecule has 2 fully saturated rings. The van der Waals surface area contributed by atoms with E-state index in [2.05, 4.69) is 16.4 Å². The summed E-state index contributed by atoms with van der Waals surface area (Å²) in [5.41, 5.74) is 8.93. The molecule has 2 aromatic rings. The van der Waals surface area contributed by atoms with Crippen LogP contribution >= 0.6 is 11.6 Å². The van der Waals surface area contributed by atoms with E-state index in [0.717, 1.165) is 68.0 Å². The molecule has 2 aromatic heterocycles. The van der Waals surface area contributed by atoms with Crippen molar-refractivity contribution in [2.45, 2.75) is 64.5 Å². The van der Waals surface area contributed by atoms with E-state index in [9.17, 15) is 0 Å². The molecule has 1 saturated heterocycles. The van der Waals surface area contributed by atoms with Crippen LogP contribution in [0.3, 0.4) is 0 Å². The molecule has 0 amide bonds. The predicted octanol–water partition coefficient (Wildman–Crippen LogP) is 5.08. The number of nitrogens with two attached hydrogens (primary N) is 1. The molecule has 2 aliphatic rings. The molecule has 158 valence electrons. The minimum absolute atomic E-state index is 0. The monoisotopic (exact) mass is 416 g/mol. The summed E-state index contributed by atoms with van der Waals surface area (Å²) in [5.74, 6) is 1.51. The quantitative estimate of drug-likeness (QED) is 0.686. The molecule has 0 unspecified atom stereocenters. The Labute approximate surface area is 179 Å². The molecule has 29 heavy (non-hydrogen) atoms. The number of hydrogen-bond acceptors (Lipinski definition) is 5. The lowest BCUT2D eigenvalue weighted by molar-refractivity contribution is 0.120. The van der Waals surface area contributed by atoms with E-state index in [-0.39, 0.29) is 13.5 Å². The number of nitrogens with one attached hydrogen (secondary N) is 1. The zero-order valence-electron chi connectivity index (χ0n) is 16.2. The predicted molar refractivity (Wildman–Crippen MR) is 120 cm³/mol. The molecule has 0 spiro atoms. The van der Waals surface area contributed by atoms with Gasteiger partial charge in [0, 0.05) is 36.6 Å². The second kappa shape index (κ2) is 10.4. The molecule has 5 nitrogen and oxygen atoms in total. The SMILES string of the molecule is C.NC1CCC(Cc2cc(-c3cccc(NC[C@H]4CCCO4)n3)c(Cl)cn2)CC1. The number of ether oxygens (including phenoxy) is 1. The fourth-order valence-electron chi connectivity index (χ4n) is 4.18. The van der Waals surface area contributed by atoms with E-state index in [4.69, 9.17) is 27.1 Å². The number of pyridine rings is 2. The molecule has 1 saturated carbocycles. The van der Waals surface area contributed by atoms with Crippen molar-refractivity contribution in [3.63, 3.8) is 0 Å². The van der Waals surface area contributed by atoms with Crippen molar-refractivity contribution in [2.24, 2.45) is 11.7 Å². The molecule has 3 heterocycles. The lowest BCUT2D eigenvalue weighted by Gasteiger charge is -2.25. The fraction of sp³-hybridized carbons (Fsp3) is 0.565. The van der Waals surface area contributed by atoms with Gasteiger partial charge in [0.1, 0.15) is 5.82 Å². The summed E-state index contributed by atoms with van der Waals surface area (Å²) in [4.78, 5) is 9.33. The van der Waals surface area contributed by atoms with Crippen LogP contribution in [0.4, 0.5) is 5.82 Å². The van der Waals surface area contributed by atoms with Gasteiger partial charge < -0.3 is 15.8 Å². The second-order valence-corrected chi connectivity index (χ2v) is 8.47. The standard InChI is InChI=1S/C22H29ClN4O.CH4/c23-20-14-25-17(11-15-6-8-16(24)9-7-15)12-19(20)21-4-1-5-22(27-21)26-13-18-3-2-10-28-18;/h1,4-5,12,14-16,18H,2-3,6-11,13,24H2,(H,26,27);1H4/t15?,16?,18-;/m1./s1. The number of aromatic nitrogens is 2. The smallest absolute Gasteiger partial charge is 0.126 e. The molecule has 0 aromatic carbocycles. The zero-order valence-corrected chi connectivity index (χ0v) is 17.0. The summed E-state index contributed by atoms with van der Waals surface area (Å²) in [7, 11) is 0. The number of rotatable bonds is 6. The van der Waals surface area contributed by atoms with Crippen LogP contribution in [-0.4, -0.2) is 35.3 Å². The summed E-state index contributed by atoms with van der Waals surface area (Å²) in [5, 5.41) is 4.03. The Morgan fingerprint density at radius 2 is 2.00 bits per heavy atom. The first-order valence-electron chi connectivity index (χ1n) is 10.4. The maximum atomic E-state index is 6.47. The van der Waals surface area contributed by atoms with Gasteiger partial charge in [-0.2, -0.15) is 0 Å². The molecule has 4 rings (SSSR count). The van der Waals surface area contributed by atoms with Gasteiger partial charge in [-0.05, 0) is 69.1 Å². The van der Waals surface area contributed by atoms with E-state index in [0.29, 0.717) is 17.0 Å². The van der Waals surface area contributed by atoms with Gasteiger partial charge in [-0.1, -0.05) is 25.1 Å². The zero-order chi connectivity index (χ0) is 19.3. The van der Waals surface area contributed by atoms with Crippen LogP contribution in [0.25, 0.3) is 11.3 Å². The minimum Gasteiger partial charge on any atom is -0.376 e. The molecular weight excluding hydrogens is 384 g/mol. The molecular formula is C23H33ClN4O. The van der Waals surface area contributed by atoms with E-state index in [1.54, 1.807) is 6.20 Å². The average molecular weight is 417 g/mol. The summed E-state index contributed by atoms with van der Waals surface area (Å²) in [6.45, 7) is 1.65. The van der Waals surface area contributed by atoms with Gasteiger partial charge in [-0.15, -0.1) is 0 Å². The Balaban J connectivity index is 0.00000240. The van der Waals surface area contributed by atoms with Crippen molar-refractivity contribution >= 4 is 17.4 Å². The molecule has 0 bridgehead atoms. The first kappa shape index (κ1) is 22.0. The van der Waals surface area contributed by atoms with Gasteiger partial charge in [0.25, 0.3) is 0 Å². The second-order valence-electron chi connectivity index (χ2n) is 8.06. The highest BCUT2D eigenvalue weighted by atomic mass is 35.5. The van der Waals surface area contributed by atoms with Gasteiger partial charge in [0.15, 0.2) is 0 Å². The number of hydrogen-bond donors (Lipinski definition) is 2. The van der Waals surface area contributed by atoms with Gasteiger partial charge in [0.05, 0.1) is 16.8 Å². The average Bonchev–Trinajstić information content (AvgIpc) is 3.23. The molecule has 0 radical (unpaired) electrons. The first-order chi connectivity index (χ1) is 13.7. The van der Waals surface area contributed by atoms with Crippen LogP contribution in [0.5, 0.6) is 0 Å². The summed E-state index contributed by atoms with van der Waals surface area (Å²) >= 11 is 6.47. The van der Waals surface area contributed by atoms with E-state index >= 15 is 0 Å². The van der Waals surface area contributed by atoms with Crippen molar-refractivity contribution in [1.82, 2.24) is 9.97 Å².